The van der Waals surface area contributed by atoms with E-state index in [0.717, 1.165) is 54.2 Å². The minimum absolute atomic E-state index is 0. The van der Waals surface area contributed by atoms with Crippen LogP contribution >= 0.6 is 12.4 Å². The lowest BCUT2D eigenvalue weighted by molar-refractivity contribution is -0.148. The first-order chi connectivity index (χ1) is 17.4. The molecule has 1 aliphatic heterocycles. The molecule has 0 amide bonds. The molecule has 0 radical (unpaired) electrons. The van der Waals surface area contributed by atoms with Gasteiger partial charge in [-0.2, -0.15) is 0 Å². The van der Waals surface area contributed by atoms with E-state index in [0.29, 0.717) is 24.6 Å². The van der Waals surface area contributed by atoms with Gasteiger partial charge in [0.05, 0.1) is 30.9 Å². The molecule has 0 spiro atoms. The molecule has 1 fully saturated rings. The van der Waals surface area contributed by atoms with Crippen molar-refractivity contribution in [2.45, 2.75) is 46.3 Å². The van der Waals surface area contributed by atoms with Crippen LogP contribution in [0.4, 0.5) is 0 Å². The summed E-state index contributed by atoms with van der Waals surface area (Å²) in [4.78, 5) is 32.2. The zero-order valence-corrected chi connectivity index (χ0v) is 22.7. The van der Waals surface area contributed by atoms with E-state index in [1.807, 2.05) is 32.0 Å². The van der Waals surface area contributed by atoms with Crippen molar-refractivity contribution in [1.82, 2.24) is 19.9 Å². The topological polar surface area (TPSA) is 107 Å². The third kappa shape index (κ3) is 7.19. The molecule has 202 valence electrons. The van der Waals surface area contributed by atoms with Gasteiger partial charge in [-0.3, -0.25) is 14.9 Å². The number of rotatable bonds is 11. The summed E-state index contributed by atoms with van der Waals surface area (Å²) in [6.45, 7) is 9.19. The number of fused-ring (bicyclic) bond motifs is 1. The number of imidazole rings is 1. The first-order valence-electron chi connectivity index (χ1n) is 12.5. The number of hydrogen-bond donors (Lipinski definition) is 2. The molecule has 2 atom stereocenters. The number of carbonyl (C=O) groups excluding carboxylic acids is 1. The number of aromatic nitrogens is 3. The van der Waals surface area contributed by atoms with Crippen molar-refractivity contribution in [3.8, 4) is 11.4 Å². The maximum absolute atomic E-state index is 12.5. The Morgan fingerprint density at radius 3 is 2.78 bits per heavy atom. The summed E-state index contributed by atoms with van der Waals surface area (Å²) < 4.78 is 18.4. The van der Waals surface area contributed by atoms with Gasteiger partial charge in [0.2, 0.25) is 0 Å². The number of nitrogens with one attached hydrogen (secondary N) is 2. The summed E-state index contributed by atoms with van der Waals surface area (Å²) in [6.07, 6.45) is 2.73. The number of nitrogens with zero attached hydrogens (tertiary/aromatic N) is 2. The van der Waals surface area contributed by atoms with Gasteiger partial charge in [-0.25, -0.2) is 4.98 Å². The van der Waals surface area contributed by atoms with Gasteiger partial charge in [-0.15, -0.1) is 12.4 Å². The molecule has 0 saturated carbocycles. The van der Waals surface area contributed by atoms with Gasteiger partial charge in [0.15, 0.2) is 0 Å². The summed E-state index contributed by atoms with van der Waals surface area (Å²) in [6, 6.07) is 7.48. The van der Waals surface area contributed by atoms with E-state index in [1.165, 1.54) is 0 Å². The van der Waals surface area contributed by atoms with Crippen LogP contribution < -0.4 is 10.9 Å². The third-order valence-electron chi connectivity index (χ3n) is 6.35. The van der Waals surface area contributed by atoms with Crippen molar-refractivity contribution in [3.05, 3.63) is 51.9 Å². The summed E-state index contributed by atoms with van der Waals surface area (Å²) >= 11 is 0. The summed E-state index contributed by atoms with van der Waals surface area (Å²) in [7, 11) is 1.57. The maximum Gasteiger partial charge on any atom is 0.325 e. The molecule has 1 aromatic carbocycles. The molecular formula is C27H37ClN4O5. The Morgan fingerprint density at radius 1 is 1.30 bits per heavy atom. The van der Waals surface area contributed by atoms with Crippen molar-refractivity contribution < 1.29 is 19.0 Å². The number of aryl methyl sites for hydroxylation is 1. The number of H-pyrrole nitrogens is 1. The second kappa shape index (κ2) is 13.2. The number of pyridine rings is 1. The van der Waals surface area contributed by atoms with Gasteiger partial charge in [-0.1, -0.05) is 19.9 Å². The fraction of sp³-hybridized carbons (Fsp3) is 0.519. The molecule has 10 heteroatoms. The quantitative estimate of drug-likeness (QED) is 0.364. The largest absolute Gasteiger partial charge is 0.464 e. The van der Waals surface area contributed by atoms with Crippen LogP contribution in [0.15, 0.2) is 35.3 Å². The molecule has 1 saturated heterocycles. The molecule has 4 rings (SSSR count). The molecule has 37 heavy (non-hydrogen) atoms. The lowest BCUT2D eigenvalue weighted by Gasteiger charge is -2.18. The number of benzene rings is 1. The molecule has 2 unspecified atom stereocenters. The number of hydrogen-bond acceptors (Lipinski definition) is 7. The Morgan fingerprint density at radius 2 is 2.11 bits per heavy atom. The first kappa shape index (κ1) is 28.8. The average Bonchev–Trinajstić information content (AvgIpc) is 3.50. The van der Waals surface area contributed by atoms with Crippen LogP contribution in [-0.2, 0) is 32.1 Å². The van der Waals surface area contributed by atoms with Gasteiger partial charge in [-0.05, 0) is 43.0 Å². The summed E-state index contributed by atoms with van der Waals surface area (Å²) in [5, 5.41) is 3.26. The predicted octanol–water partition coefficient (Wildman–Crippen LogP) is 3.46. The van der Waals surface area contributed by atoms with Crippen molar-refractivity contribution in [2.24, 2.45) is 11.8 Å². The predicted molar refractivity (Wildman–Crippen MR) is 145 cm³/mol. The zero-order chi connectivity index (χ0) is 25.7. The van der Waals surface area contributed by atoms with Crippen LogP contribution in [0, 0.1) is 18.8 Å². The molecule has 1 aliphatic rings. The lowest BCUT2D eigenvalue weighted by atomic mass is 10.1. The number of aromatic amines is 1. The third-order valence-corrected chi connectivity index (χ3v) is 6.35. The SMILES string of the molecule is COCC(NCc1ccc2c(c1)nc(-c1c[nH]c(=O)c(C)c1)n2CC1CCOC1)C(=O)OCC(C)C.Cl. The van der Waals surface area contributed by atoms with Gasteiger partial charge in [0.25, 0.3) is 5.56 Å². The van der Waals surface area contributed by atoms with Crippen molar-refractivity contribution in [3.63, 3.8) is 0 Å². The highest BCUT2D eigenvalue weighted by Crippen LogP contribution is 2.28. The van der Waals surface area contributed by atoms with E-state index in [4.69, 9.17) is 19.2 Å². The highest BCUT2D eigenvalue weighted by molar-refractivity contribution is 5.85. The Bertz CT molecular complexity index is 1250. The van der Waals surface area contributed by atoms with E-state index >= 15 is 0 Å². The van der Waals surface area contributed by atoms with Crippen LogP contribution in [0.5, 0.6) is 0 Å². The number of halogens is 1. The van der Waals surface area contributed by atoms with Crippen molar-refractivity contribution in [2.75, 3.05) is 33.5 Å². The Balaban J connectivity index is 0.00000380. The van der Waals surface area contributed by atoms with E-state index in [-0.39, 0.29) is 36.5 Å². The van der Waals surface area contributed by atoms with E-state index in [1.54, 1.807) is 20.2 Å². The van der Waals surface area contributed by atoms with Gasteiger partial charge < -0.3 is 23.8 Å². The van der Waals surface area contributed by atoms with Gasteiger partial charge >= 0.3 is 5.97 Å². The second-order valence-electron chi connectivity index (χ2n) is 9.91. The van der Waals surface area contributed by atoms with Crippen LogP contribution in [-0.4, -0.2) is 60.1 Å². The van der Waals surface area contributed by atoms with Crippen molar-refractivity contribution in [1.29, 1.82) is 0 Å². The Kier molecular flexibility index (Phi) is 10.3. The van der Waals surface area contributed by atoms with Crippen LogP contribution in [0.3, 0.4) is 0 Å². The second-order valence-corrected chi connectivity index (χ2v) is 9.91. The molecule has 3 aromatic rings. The minimum Gasteiger partial charge on any atom is -0.464 e. The van der Waals surface area contributed by atoms with E-state index in [2.05, 4.69) is 20.9 Å². The number of carbonyl (C=O) groups is 1. The number of ether oxygens (including phenoxy) is 3. The molecule has 9 nitrogen and oxygen atoms in total. The monoisotopic (exact) mass is 532 g/mol. The van der Waals surface area contributed by atoms with Crippen LogP contribution in [0.1, 0.15) is 31.4 Å². The lowest BCUT2D eigenvalue weighted by Crippen LogP contribution is -2.41. The molecule has 3 heterocycles. The zero-order valence-electron chi connectivity index (χ0n) is 21.9. The molecule has 2 N–H and O–H groups in total. The molecular weight excluding hydrogens is 496 g/mol. The summed E-state index contributed by atoms with van der Waals surface area (Å²) in [5.74, 6) is 1.19. The molecule has 2 aromatic heterocycles. The first-order valence-corrected chi connectivity index (χ1v) is 12.5. The van der Waals surface area contributed by atoms with Crippen LogP contribution in [0.2, 0.25) is 0 Å². The minimum atomic E-state index is -0.552. The average molecular weight is 533 g/mol. The number of methoxy groups -OCH3 is 1. The molecule has 0 aliphatic carbocycles. The summed E-state index contributed by atoms with van der Waals surface area (Å²) in [5.41, 5.74) is 4.30. The molecule has 0 bridgehead atoms. The standard InChI is InChI=1S/C27H36N4O5.ClH/c1-17(2)14-36-27(33)23(16-34-4)28-11-19-5-6-24-22(10-19)30-25(21-9-18(3)26(32)29-12-21)31(24)13-20-7-8-35-15-20;/h5-6,9-10,12,17,20,23,28H,7-8,11,13-16H2,1-4H3,(H,29,32);1H. The van der Waals surface area contributed by atoms with E-state index < -0.39 is 6.04 Å². The van der Waals surface area contributed by atoms with E-state index in [9.17, 15) is 9.59 Å². The Labute approximate surface area is 223 Å². The van der Waals surface area contributed by atoms with Gasteiger partial charge in [0.1, 0.15) is 11.9 Å². The fourth-order valence-corrected chi connectivity index (χ4v) is 4.37. The smallest absolute Gasteiger partial charge is 0.325 e. The highest BCUT2D eigenvalue weighted by Gasteiger charge is 2.22. The maximum atomic E-state index is 12.5. The van der Waals surface area contributed by atoms with Crippen LogP contribution in [0.25, 0.3) is 22.4 Å². The number of esters is 1. The fourth-order valence-electron chi connectivity index (χ4n) is 4.37. The van der Waals surface area contributed by atoms with Gasteiger partial charge in [0, 0.05) is 50.0 Å². The highest BCUT2D eigenvalue weighted by atomic mass is 35.5. The normalized spacial score (nSPS) is 16.2. The van der Waals surface area contributed by atoms with Crippen molar-refractivity contribution >= 4 is 29.4 Å². The Hall–Kier alpha value is -2.72.